The van der Waals surface area contributed by atoms with Crippen molar-refractivity contribution in [2.24, 2.45) is 11.8 Å². The molecule has 2 rings (SSSR count). The van der Waals surface area contributed by atoms with Crippen LogP contribution in [0.4, 0.5) is 10.1 Å². The Balaban J connectivity index is 2.08. The first-order valence-corrected chi connectivity index (χ1v) is 6.35. The van der Waals surface area contributed by atoms with Crippen LogP contribution in [0.3, 0.4) is 0 Å². The Morgan fingerprint density at radius 1 is 1.39 bits per heavy atom. The molecule has 1 amide bonds. The number of nitrogens with two attached hydrogens (primary N) is 1. The molecular formula is C14H19FN2O. The lowest BCUT2D eigenvalue weighted by molar-refractivity contribution is 0.0923. The van der Waals surface area contributed by atoms with E-state index < -0.39 is 5.82 Å². The molecule has 0 aromatic heterocycles. The number of halogens is 1. The molecule has 3 N–H and O–H groups in total. The van der Waals surface area contributed by atoms with Crippen LogP contribution in [-0.2, 0) is 0 Å². The van der Waals surface area contributed by atoms with E-state index >= 15 is 0 Å². The van der Waals surface area contributed by atoms with E-state index in [1.54, 1.807) is 6.07 Å². The van der Waals surface area contributed by atoms with Crippen LogP contribution in [0.25, 0.3) is 0 Å². The molecule has 0 radical (unpaired) electrons. The molecule has 1 aromatic rings. The number of rotatable bonds is 2. The summed E-state index contributed by atoms with van der Waals surface area (Å²) in [5.74, 6) is 0.127. The largest absolute Gasteiger partial charge is 0.399 e. The smallest absolute Gasteiger partial charge is 0.254 e. The molecule has 3 atom stereocenters. The normalized spacial score (nSPS) is 27.2. The van der Waals surface area contributed by atoms with Gasteiger partial charge in [-0.3, -0.25) is 4.79 Å². The van der Waals surface area contributed by atoms with Crippen molar-refractivity contribution in [3.8, 4) is 0 Å². The minimum atomic E-state index is -0.564. The number of nitrogens with one attached hydrogen (secondary N) is 1. The second-order valence-electron chi connectivity index (χ2n) is 5.23. The monoisotopic (exact) mass is 250 g/mol. The van der Waals surface area contributed by atoms with Gasteiger partial charge in [0.25, 0.3) is 5.91 Å². The molecule has 0 bridgehead atoms. The molecule has 3 unspecified atom stereocenters. The second-order valence-corrected chi connectivity index (χ2v) is 5.23. The van der Waals surface area contributed by atoms with E-state index in [9.17, 15) is 9.18 Å². The van der Waals surface area contributed by atoms with E-state index in [0.29, 0.717) is 17.5 Å². The van der Waals surface area contributed by atoms with Crippen molar-refractivity contribution < 1.29 is 9.18 Å². The van der Waals surface area contributed by atoms with Gasteiger partial charge in [0.2, 0.25) is 0 Å². The van der Waals surface area contributed by atoms with Crippen LogP contribution in [0.2, 0.25) is 0 Å². The van der Waals surface area contributed by atoms with E-state index in [2.05, 4.69) is 19.2 Å². The van der Waals surface area contributed by atoms with Crippen LogP contribution in [0.5, 0.6) is 0 Å². The number of hydrogen-bond donors (Lipinski definition) is 2. The van der Waals surface area contributed by atoms with E-state index in [1.165, 1.54) is 12.1 Å². The van der Waals surface area contributed by atoms with Crippen LogP contribution in [0, 0.1) is 17.7 Å². The summed E-state index contributed by atoms with van der Waals surface area (Å²) in [7, 11) is 0. The summed E-state index contributed by atoms with van der Waals surface area (Å²) >= 11 is 0. The number of anilines is 1. The van der Waals surface area contributed by atoms with Crippen LogP contribution in [-0.4, -0.2) is 11.9 Å². The predicted molar refractivity (Wildman–Crippen MR) is 69.6 cm³/mol. The average molecular weight is 250 g/mol. The maximum atomic E-state index is 13.6. The minimum Gasteiger partial charge on any atom is -0.399 e. The molecule has 0 spiro atoms. The van der Waals surface area contributed by atoms with Gasteiger partial charge in [-0.15, -0.1) is 0 Å². The summed E-state index contributed by atoms with van der Waals surface area (Å²) in [5.41, 5.74) is 5.85. The van der Waals surface area contributed by atoms with Crippen molar-refractivity contribution >= 4 is 11.6 Å². The Hall–Kier alpha value is -1.58. The van der Waals surface area contributed by atoms with Gasteiger partial charge >= 0.3 is 0 Å². The van der Waals surface area contributed by atoms with Crippen LogP contribution < -0.4 is 11.1 Å². The van der Waals surface area contributed by atoms with Gasteiger partial charge in [0, 0.05) is 11.7 Å². The SMILES string of the molecule is CC1CCC(NC(=O)c2ccc(N)cc2F)C1C. The Morgan fingerprint density at radius 3 is 2.67 bits per heavy atom. The fourth-order valence-electron chi connectivity index (χ4n) is 2.53. The molecule has 1 aromatic carbocycles. The molecule has 0 aliphatic heterocycles. The van der Waals surface area contributed by atoms with E-state index in [4.69, 9.17) is 5.73 Å². The van der Waals surface area contributed by atoms with Crippen LogP contribution >= 0.6 is 0 Å². The molecule has 0 saturated heterocycles. The quantitative estimate of drug-likeness (QED) is 0.793. The standard InChI is InChI=1S/C14H19FN2O/c1-8-3-6-13(9(8)2)17-14(18)11-5-4-10(16)7-12(11)15/h4-5,7-9,13H,3,6,16H2,1-2H3,(H,17,18). The lowest BCUT2D eigenvalue weighted by Crippen LogP contribution is -2.37. The summed E-state index contributed by atoms with van der Waals surface area (Å²) in [6.07, 6.45) is 2.07. The minimum absolute atomic E-state index is 0.0657. The van der Waals surface area contributed by atoms with Crippen LogP contribution in [0.1, 0.15) is 37.0 Å². The zero-order valence-electron chi connectivity index (χ0n) is 10.7. The molecule has 18 heavy (non-hydrogen) atoms. The highest BCUT2D eigenvalue weighted by atomic mass is 19.1. The zero-order chi connectivity index (χ0) is 13.3. The van der Waals surface area contributed by atoms with Gasteiger partial charge in [-0.2, -0.15) is 0 Å². The fourth-order valence-corrected chi connectivity index (χ4v) is 2.53. The van der Waals surface area contributed by atoms with Gasteiger partial charge in [-0.25, -0.2) is 4.39 Å². The highest BCUT2D eigenvalue weighted by molar-refractivity contribution is 5.95. The van der Waals surface area contributed by atoms with Crippen molar-refractivity contribution in [3.05, 3.63) is 29.6 Å². The summed E-state index contributed by atoms with van der Waals surface area (Å²) in [5, 5.41) is 2.92. The first-order valence-electron chi connectivity index (χ1n) is 6.35. The number of benzene rings is 1. The van der Waals surface area contributed by atoms with E-state index in [-0.39, 0.29) is 17.5 Å². The molecular weight excluding hydrogens is 231 g/mol. The molecule has 1 aliphatic carbocycles. The van der Waals surface area contributed by atoms with Gasteiger partial charge in [0.15, 0.2) is 0 Å². The number of carbonyl (C=O) groups is 1. The van der Waals surface area contributed by atoms with E-state index in [1.807, 2.05) is 0 Å². The Labute approximate surface area is 107 Å². The first kappa shape index (κ1) is 12.9. The summed E-state index contributed by atoms with van der Waals surface area (Å²) in [6.45, 7) is 4.31. The van der Waals surface area contributed by atoms with Crippen LogP contribution in [0.15, 0.2) is 18.2 Å². The maximum absolute atomic E-state index is 13.6. The van der Waals surface area contributed by atoms with Crippen molar-refractivity contribution in [1.29, 1.82) is 0 Å². The third-order valence-electron chi connectivity index (χ3n) is 4.02. The maximum Gasteiger partial charge on any atom is 0.254 e. The van der Waals surface area contributed by atoms with Crippen molar-refractivity contribution in [1.82, 2.24) is 5.32 Å². The summed E-state index contributed by atoms with van der Waals surface area (Å²) in [6, 6.07) is 4.29. The van der Waals surface area contributed by atoms with Crippen molar-refractivity contribution in [3.63, 3.8) is 0 Å². The zero-order valence-corrected chi connectivity index (χ0v) is 10.7. The van der Waals surface area contributed by atoms with E-state index in [0.717, 1.165) is 12.8 Å². The third kappa shape index (κ3) is 2.47. The van der Waals surface area contributed by atoms with Gasteiger partial charge in [0.1, 0.15) is 5.82 Å². The van der Waals surface area contributed by atoms with Gasteiger partial charge in [0.05, 0.1) is 5.56 Å². The number of carbonyl (C=O) groups excluding carboxylic acids is 1. The molecule has 1 fully saturated rings. The third-order valence-corrected chi connectivity index (χ3v) is 4.02. The van der Waals surface area contributed by atoms with Gasteiger partial charge < -0.3 is 11.1 Å². The van der Waals surface area contributed by atoms with Gasteiger partial charge in [-0.05, 0) is 42.9 Å². The van der Waals surface area contributed by atoms with Crippen molar-refractivity contribution in [2.45, 2.75) is 32.7 Å². The summed E-state index contributed by atoms with van der Waals surface area (Å²) in [4.78, 5) is 12.0. The first-order chi connectivity index (χ1) is 8.49. The summed E-state index contributed by atoms with van der Waals surface area (Å²) < 4.78 is 13.6. The Bertz CT molecular complexity index is 461. The lowest BCUT2D eigenvalue weighted by Gasteiger charge is -2.19. The highest BCUT2D eigenvalue weighted by Crippen LogP contribution is 2.31. The topological polar surface area (TPSA) is 55.1 Å². The number of amides is 1. The molecule has 3 nitrogen and oxygen atoms in total. The fraction of sp³-hybridized carbons (Fsp3) is 0.500. The molecule has 4 heteroatoms. The lowest BCUT2D eigenvalue weighted by atomic mass is 9.97. The number of nitrogen functional groups attached to an aromatic ring is 1. The predicted octanol–water partition coefficient (Wildman–Crippen LogP) is 2.57. The molecule has 0 heterocycles. The van der Waals surface area contributed by atoms with Crippen molar-refractivity contribution in [2.75, 3.05) is 5.73 Å². The second kappa shape index (κ2) is 4.96. The Kier molecular flexibility index (Phi) is 3.55. The van der Waals surface area contributed by atoms with Gasteiger partial charge in [-0.1, -0.05) is 13.8 Å². The Morgan fingerprint density at radius 2 is 2.11 bits per heavy atom. The molecule has 1 saturated carbocycles. The molecule has 98 valence electrons. The molecule has 1 aliphatic rings. The average Bonchev–Trinajstić information content (AvgIpc) is 2.61. The number of hydrogen-bond acceptors (Lipinski definition) is 2. The highest BCUT2D eigenvalue weighted by Gasteiger charge is 2.31.